The van der Waals surface area contributed by atoms with E-state index in [1.807, 2.05) is 24.3 Å². The lowest BCUT2D eigenvalue weighted by Crippen LogP contribution is -2.06. The largest absolute Gasteiger partial charge is 0.396 e. The number of benzene rings is 1. The maximum absolute atomic E-state index is 10.9. The van der Waals surface area contributed by atoms with Crippen LogP contribution >= 0.6 is 0 Å². The molecular weight excluding hydrogens is 254 g/mol. The zero-order valence-electron chi connectivity index (χ0n) is 11.2. The van der Waals surface area contributed by atoms with E-state index in [1.54, 1.807) is 12.1 Å². The Morgan fingerprint density at radius 3 is 2.45 bits per heavy atom. The van der Waals surface area contributed by atoms with Crippen LogP contribution in [0.15, 0.2) is 36.4 Å². The lowest BCUT2D eigenvalue weighted by atomic mass is 10.2. The molecule has 0 saturated heterocycles. The lowest BCUT2D eigenvalue weighted by Gasteiger charge is -2.08. The van der Waals surface area contributed by atoms with Crippen molar-refractivity contribution in [1.29, 1.82) is 0 Å². The number of nitrogen functional groups attached to an aromatic ring is 2. The Bertz CT molecular complexity index is 609. The molecule has 2 aromatic rings. The summed E-state index contributed by atoms with van der Waals surface area (Å²) >= 11 is 0. The summed E-state index contributed by atoms with van der Waals surface area (Å²) in [4.78, 5) is 15.0. The van der Waals surface area contributed by atoms with Gasteiger partial charge in [-0.3, -0.25) is 4.79 Å². The molecule has 0 bridgehead atoms. The smallest absolute Gasteiger partial charge is 0.221 e. The van der Waals surface area contributed by atoms with Crippen molar-refractivity contribution in [2.45, 2.75) is 13.5 Å². The quantitative estimate of drug-likeness (QED) is 0.678. The summed E-state index contributed by atoms with van der Waals surface area (Å²) in [6.07, 6.45) is 0. The SMILES string of the molecule is CC(=O)Nc1ccc(CNc2ccc(N)c(N)n2)cc1. The highest BCUT2D eigenvalue weighted by atomic mass is 16.1. The highest BCUT2D eigenvalue weighted by molar-refractivity contribution is 5.88. The zero-order chi connectivity index (χ0) is 14.5. The number of hydrogen-bond donors (Lipinski definition) is 4. The normalized spacial score (nSPS) is 10.1. The average Bonchev–Trinajstić information content (AvgIpc) is 2.41. The number of pyridine rings is 1. The second-order valence-electron chi connectivity index (χ2n) is 4.40. The maximum Gasteiger partial charge on any atom is 0.221 e. The van der Waals surface area contributed by atoms with Gasteiger partial charge in [-0.05, 0) is 29.8 Å². The van der Waals surface area contributed by atoms with Gasteiger partial charge in [0.2, 0.25) is 5.91 Å². The third-order valence-electron chi connectivity index (χ3n) is 2.71. The van der Waals surface area contributed by atoms with E-state index in [9.17, 15) is 4.79 Å². The minimum Gasteiger partial charge on any atom is -0.396 e. The van der Waals surface area contributed by atoms with Crippen LogP contribution in [-0.4, -0.2) is 10.9 Å². The molecule has 0 fully saturated rings. The van der Waals surface area contributed by atoms with E-state index in [0.29, 0.717) is 23.9 Å². The van der Waals surface area contributed by atoms with Crippen LogP contribution in [0.1, 0.15) is 12.5 Å². The Morgan fingerprint density at radius 1 is 1.15 bits per heavy atom. The van der Waals surface area contributed by atoms with Gasteiger partial charge in [0.25, 0.3) is 0 Å². The van der Waals surface area contributed by atoms with Crippen molar-refractivity contribution in [1.82, 2.24) is 4.98 Å². The number of carbonyl (C=O) groups excluding carboxylic acids is 1. The second kappa shape index (κ2) is 5.92. The molecule has 104 valence electrons. The van der Waals surface area contributed by atoms with Gasteiger partial charge in [-0.15, -0.1) is 0 Å². The van der Waals surface area contributed by atoms with Crippen LogP contribution in [-0.2, 0) is 11.3 Å². The highest BCUT2D eigenvalue weighted by Gasteiger charge is 2.00. The lowest BCUT2D eigenvalue weighted by molar-refractivity contribution is -0.114. The fourth-order valence-corrected chi connectivity index (χ4v) is 1.69. The van der Waals surface area contributed by atoms with Gasteiger partial charge in [0, 0.05) is 19.2 Å². The fraction of sp³-hybridized carbons (Fsp3) is 0.143. The van der Waals surface area contributed by atoms with Gasteiger partial charge in [0.05, 0.1) is 5.69 Å². The number of amides is 1. The van der Waals surface area contributed by atoms with Crippen LogP contribution in [0.3, 0.4) is 0 Å². The molecule has 1 aromatic carbocycles. The first kappa shape index (κ1) is 13.7. The van der Waals surface area contributed by atoms with Gasteiger partial charge in [0.1, 0.15) is 11.6 Å². The van der Waals surface area contributed by atoms with Gasteiger partial charge >= 0.3 is 0 Å². The van der Waals surface area contributed by atoms with Gasteiger partial charge in [-0.1, -0.05) is 12.1 Å². The van der Waals surface area contributed by atoms with Crippen LogP contribution in [0.2, 0.25) is 0 Å². The molecule has 6 nitrogen and oxygen atoms in total. The molecule has 0 spiro atoms. The van der Waals surface area contributed by atoms with E-state index >= 15 is 0 Å². The Hall–Kier alpha value is -2.76. The summed E-state index contributed by atoms with van der Waals surface area (Å²) in [7, 11) is 0. The van der Waals surface area contributed by atoms with Crippen LogP contribution in [0.5, 0.6) is 0 Å². The summed E-state index contributed by atoms with van der Waals surface area (Å²) in [5.74, 6) is 0.899. The van der Waals surface area contributed by atoms with Crippen LogP contribution in [0, 0.1) is 0 Å². The predicted octanol–water partition coefficient (Wildman–Crippen LogP) is 1.82. The topological polar surface area (TPSA) is 106 Å². The highest BCUT2D eigenvalue weighted by Crippen LogP contribution is 2.16. The Labute approximate surface area is 117 Å². The molecule has 20 heavy (non-hydrogen) atoms. The maximum atomic E-state index is 10.9. The summed E-state index contributed by atoms with van der Waals surface area (Å²) in [6.45, 7) is 2.09. The van der Waals surface area contributed by atoms with Crippen molar-refractivity contribution >= 4 is 28.9 Å². The van der Waals surface area contributed by atoms with E-state index in [1.165, 1.54) is 6.92 Å². The van der Waals surface area contributed by atoms with E-state index in [0.717, 1.165) is 11.3 Å². The first-order chi connectivity index (χ1) is 9.54. The molecule has 0 saturated carbocycles. The van der Waals surface area contributed by atoms with E-state index < -0.39 is 0 Å². The van der Waals surface area contributed by atoms with Crippen molar-refractivity contribution in [3.05, 3.63) is 42.0 Å². The number of hydrogen-bond acceptors (Lipinski definition) is 5. The molecule has 0 aliphatic rings. The summed E-state index contributed by atoms with van der Waals surface area (Å²) in [5, 5.41) is 5.87. The molecule has 1 heterocycles. The van der Waals surface area contributed by atoms with Crippen molar-refractivity contribution in [2.24, 2.45) is 0 Å². The second-order valence-corrected chi connectivity index (χ2v) is 4.40. The molecule has 1 aromatic heterocycles. The van der Waals surface area contributed by atoms with E-state index in [4.69, 9.17) is 11.5 Å². The molecule has 6 heteroatoms. The molecule has 0 radical (unpaired) electrons. The molecule has 6 N–H and O–H groups in total. The molecule has 0 aliphatic carbocycles. The summed E-state index contributed by atoms with van der Waals surface area (Å²) < 4.78 is 0. The Morgan fingerprint density at radius 2 is 1.85 bits per heavy atom. The summed E-state index contributed by atoms with van der Waals surface area (Å²) in [6, 6.07) is 11.0. The van der Waals surface area contributed by atoms with E-state index in [-0.39, 0.29) is 5.91 Å². The fourth-order valence-electron chi connectivity index (χ4n) is 1.69. The van der Waals surface area contributed by atoms with Crippen LogP contribution in [0.25, 0.3) is 0 Å². The number of aromatic nitrogens is 1. The first-order valence-electron chi connectivity index (χ1n) is 6.17. The molecule has 0 aliphatic heterocycles. The van der Waals surface area contributed by atoms with Crippen molar-refractivity contribution < 1.29 is 4.79 Å². The standard InChI is InChI=1S/C14H17N5O/c1-9(20)18-11-4-2-10(3-5-11)8-17-13-7-6-12(15)14(16)19-13/h2-7H,8,15H2,1H3,(H,18,20)(H3,16,17,19). The van der Waals surface area contributed by atoms with Gasteiger partial charge in [0.15, 0.2) is 0 Å². The summed E-state index contributed by atoms with van der Waals surface area (Å²) in [5.41, 5.74) is 13.6. The minimum atomic E-state index is -0.0857. The Balaban J connectivity index is 1.96. The zero-order valence-corrected chi connectivity index (χ0v) is 11.2. The number of rotatable bonds is 4. The number of nitrogens with one attached hydrogen (secondary N) is 2. The Kier molecular flexibility index (Phi) is 4.05. The first-order valence-corrected chi connectivity index (χ1v) is 6.17. The predicted molar refractivity (Wildman–Crippen MR) is 81.1 cm³/mol. The molecule has 0 unspecified atom stereocenters. The molecular formula is C14H17N5O. The van der Waals surface area contributed by atoms with Crippen molar-refractivity contribution in [3.63, 3.8) is 0 Å². The van der Waals surface area contributed by atoms with Crippen molar-refractivity contribution in [2.75, 3.05) is 22.1 Å². The minimum absolute atomic E-state index is 0.0857. The number of carbonyl (C=O) groups is 1. The third-order valence-corrected chi connectivity index (χ3v) is 2.71. The third kappa shape index (κ3) is 3.61. The number of nitrogens with zero attached hydrogens (tertiary/aromatic N) is 1. The monoisotopic (exact) mass is 271 g/mol. The molecule has 1 amide bonds. The number of nitrogens with two attached hydrogens (primary N) is 2. The van der Waals surface area contributed by atoms with Crippen molar-refractivity contribution in [3.8, 4) is 0 Å². The molecule has 2 rings (SSSR count). The molecule has 0 atom stereocenters. The van der Waals surface area contributed by atoms with Crippen LogP contribution < -0.4 is 22.1 Å². The van der Waals surface area contributed by atoms with Gasteiger partial charge in [-0.25, -0.2) is 4.98 Å². The average molecular weight is 271 g/mol. The number of anilines is 4. The van der Waals surface area contributed by atoms with Gasteiger partial charge < -0.3 is 22.1 Å². The van der Waals surface area contributed by atoms with Gasteiger partial charge in [-0.2, -0.15) is 0 Å². The van der Waals surface area contributed by atoms with E-state index in [2.05, 4.69) is 15.6 Å². The van der Waals surface area contributed by atoms with Crippen LogP contribution in [0.4, 0.5) is 23.0 Å².